The van der Waals surface area contributed by atoms with Crippen molar-refractivity contribution in [2.45, 2.75) is 58.8 Å². The Morgan fingerprint density at radius 2 is 2.00 bits per heavy atom. The van der Waals surface area contributed by atoms with Crippen LogP contribution >= 0.6 is 0 Å². The molecule has 2 heterocycles. The summed E-state index contributed by atoms with van der Waals surface area (Å²) in [7, 11) is -3.19. The second-order valence-electron chi connectivity index (χ2n) is 7.66. The molecule has 2 rings (SSSR count). The van der Waals surface area contributed by atoms with Crippen LogP contribution in [0.3, 0.4) is 0 Å². The van der Waals surface area contributed by atoms with Crippen LogP contribution in [0.4, 0.5) is 5.82 Å². The van der Waals surface area contributed by atoms with Gasteiger partial charge in [0.25, 0.3) is 0 Å². The summed E-state index contributed by atoms with van der Waals surface area (Å²) in [5.41, 5.74) is -0.172. The van der Waals surface area contributed by atoms with Gasteiger partial charge in [0, 0.05) is 30.5 Å². The molecule has 7 nitrogen and oxygen atoms in total. The predicted molar refractivity (Wildman–Crippen MR) is 96.8 cm³/mol. The Balaban J connectivity index is 1.88. The second-order valence-corrected chi connectivity index (χ2v) is 9.75. The van der Waals surface area contributed by atoms with Crippen LogP contribution in [0.5, 0.6) is 0 Å². The number of nitrogens with one attached hydrogen (secondary N) is 1. The molecule has 1 aliphatic rings. The molecule has 0 aromatic carbocycles. The van der Waals surface area contributed by atoms with Gasteiger partial charge in [0.05, 0.1) is 5.75 Å². The van der Waals surface area contributed by atoms with E-state index in [9.17, 15) is 13.2 Å². The van der Waals surface area contributed by atoms with Gasteiger partial charge in [-0.25, -0.2) is 12.7 Å². The number of nitrogens with zero attached hydrogens (tertiary/aromatic N) is 2. The summed E-state index contributed by atoms with van der Waals surface area (Å²) in [5.74, 6) is 0.980. The quantitative estimate of drug-likeness (QED) is 0.830. The molecule has 0 spiro atoms. The first kappa shape index (κ1) is 19.9. The van der Waals surface area contributed by atoms with Crippen LogP contribution in [0.2, 0.25) is 0 Å². The van der Waals surface area contributed by atoms with E-state index in [1.807, 2.05) is 27.7 Å². The highest BCUT2D eigenvalue weighted by atomic mass is 32.2. The molecule has 25 heavy (non-hydrogen) atoms. The molecule has 8 heteroatoms. The average Bonchev–Trinajstić information content (AvgIpc) is 3.02. The molecule has 1 aromatic heterocycles. The lowest BCUT2D eigenvalue weighted by Crippen LogP contribution is -2.42. The second kappa shape index (κ2) is 7.86. The first-order valence-electron chi connectivity index (χ1n) is 8.89. The molecule has 1 fully saturated rings. The van der Waals surface area contributed by atoms with Crippen molar-refractivity contribution >= 4 is 21.7 Å². The molecule has 0 saturated carbocycles. The van der Waals surface area contributed by atoms with Gasteiger partial charge in [-0.1, -0.05) is 39.3 Å². The van der Waals surface area contributed by atoms with E-state index in [1.165, 1.54) is 4.31 Å². The maximum Gasteiger partial charge on any atom is 0.228 e. The van der Waals surface area contributed by atoms with Crippen LogP contribution in [0.1, 0.15) is 59.1 Å². The smallest absolute Gasteiger partial charge is 0.228 e. The zero-order valence-electron chi connectivity index (χ0n) is 15.5. The number of piperidine rings is 1. The third-order valence-corrected chi connectivity index (χ3v) is 6.43. The fraction of sp³-hybridized carbons (Fsp3) is 0.765. The number of sulfonamides is 1. The van der Waals surface area contributed by atoms with Crippen molar-refractivity contribution in [3.63, 3.8) is 0 Å². The number of amides is 1. The number of unbranched alkanes of at least 4 members (excludes halogenated alkanes) is 1. The van der Waals surface area contributed by atoms with E-state index in [4.69, 9.17) is 4.52 Å². The van der Waals surface area contributed by atoms with Crippen molar-refractivity contribution in [1.82, 2.24) is 9.46 Å². The largest absolute Gasteiger partial charge is 0.359 e. The third-order valence-electron chi connectivity index (χ3n) is 4.47. The SMILES string of the molecule is CCCCS(=O)(=O)N1CCC(C(=O)Nc2cc(C(C)(C)C)on2)CC1. The van der Waals surface area contributed by atoms with E-state index in [0.29, 0.717) is 43.9 Å². The Morgan fingerprint density at radius 1 is 1.36 bits per heavy atom. The summed E-state index contributed by atoms with van der Waals surface area (Å²) in [6.45, 7) is 8.79. The lowest BCUT2D eigenvalue weighted by atomic mass is 9.93. The van der Waals surface area contributed by atoms with Gasteiger partial charge in [-0.05, 0) is 19.3 Å². The monoisotopic (exact) mass is 371 g/mol. The number of hydrogen-bond acceptors (Lipinski definition) is 5. The van der Waals surface area contributed by atoms with Gasteiger partial charge in [-0.2, -0.15) is 0 Å². The van der Waals surface area contributed by atoms with E-state index >= 15 is 0 Å². The Bertz CT molecular complexity index is 683. The van der Waals surface area contributed by atoms with Gasteiger partial charge in [-0.15, -0.1) is 0 Å². The topological polar surface area (TPSA) is 92.5 Å². The van der Waals surface area contributed by atoms with Gasteiger partial charge in [-0.3, -0.25) is 4.79 Å². The van der Waals surface area contributed by atoms with Crippen LogP contribution in [-0.4, -0.2) is 42.6 Å². The van der Waals surface area contributed by atoms with E-state index in [-0.39, 0.29) is 23.0 Å². The molecule has 1 aliphatic heterocycles. The number of carbonyl (C=O) groups excluding carboxylic acids is 1. The highest BCUT2D eigenvalue weighted by Gasteiger charge is 2.31. The van der Waals surface area contributed by atoms with Gasteiger partial charge in [0.1, 0.15) is 5.76 Å². The van der Waals surface area contributed by atoms with Crippen molar-refractivity contribution in [1.29, 1.82) is 0 Å². The maximum absolute atomic E-state index is 12.4. The highest BCUT2D eigenvalue weighted by molar-refractivity contribution is 7.89. The number of carbonyl (C=O) groups is 1. The molecule has 0 radical (unpaired) electrons. The normalized spacial score (nSPS) is 17.6. The van der Waals surface area contributed by atoms with Gasteiger partial charge >= 0.3 is 0 Å². The molecule has 142 valence electrons. The number of aromatic nitrogens is 1. The number of anilines is 1. The maximum atomic E-state index is 12.4. The highest BCUT2D eigenvalue weighted by Crippen LogP contribution is 2.26. The van der Waals surface area contributed by atoms with Crippen LogP contribution in [0.15, 0.2) is 10.6 Å². The Labute approximate surface area is 150 Å². The van der Waals surface area contributed by atoms with Gasteiger partial charge in [0.15, 0.2) is 5.82 Å². The van der Waals surface area contributed by atoms with E-state index in [1.54, 1.807) is 6.07 Å². The zero-order chi connectivity index (χ0) is 18.7. The summed E-state index contributed by atoms with van der Waals surface area (Å²) >= 11 is 0. The minimum atomic E-state index is -3.19. The summed E-state index contributed by atoms with van der Waals surface area (Å²) in [6.07, 6.45) is 2.58. The van der Waals surface area contributed by atoms with E-state index in [2.05, 4.69) is 10.5 Å². The first-order valence-corrected chi connectivity index (χ1v) is 10.5. The van der Waals surface area contributed by atoms with E-state index in [0.717, 1.165) is 6.42 Å². The van der Waals surface area contributed by atoms with Crippen molar-refractivity contribution in [2.24, 2.45) is 5.92 Å². The van der Waals surface area contributed by atoms with Crippen LogP contribution in [0.25, 0.3) is 0 Å². The lowest BCUT2D eigenvalue weighted by Gasteiger charge is -2.30. The molecule has 1 amide bonds. The first-order chi connectivity index (χ1) is 11.6. The van der Waals surface area contributed by atoms with Crippen LogP contribution < -0.4 is 5.32 Å². The minimum Gasteiger partial charge on any atom is -0.359 e. The van der Waals surface area contributed by atoms with Crippen LogP contribution in [-0.2, 0) is 20.2 Å². The van der Waals surface area contributed by atoms with Gasteiger partial charge in [0.2, 0.25) is 15.9 Å². The van der Waals surface area contributed by atoms with E-state index < -0.39 is 10.0 Å². The van der Waals surface area contributed by atoms with Gasteiger partial charge < -0.3 is 9.84 Å². The molecule has 0 atom stereocenters. The summed E-state index contributed by atoms with van der Waals surface area (Å²) in [5, 5.41) is 6.67. The average molecular weight is 372 g/mol. The predicted octanol–water partition coefficient (Wildman–Crippen LogP) is 2.75. The fourth-order valence-electron chi connectivity index (χ4n) is 2.77. The molecule has 0 aliphatic carbocycles. The molecule has 1 aromatic rings. The molecular formula is C17H29N3O4S. The van der Waals surface area contributed by atoms with Crippen molar-refractivity contribution in [3.8, 4) is 0 Å². The molecule has 0 unspecified atom stereocenters. The van der Waals surface area contributed by atoms with Crippen LogP contribution in [0, 0.1) is 5.92 Å². The summed E-state index contributed by atoms with van der Waals surface area (Å²) in [6, 6.07) is 1.74. The Kier molecular flexibility index (Phi) is 6.26. The lowest BCUT2D eigenvalue weighted by molar-refractivity contribution is -0.120. The molecule has 0 bridgehead atoms. The van der Waals surface area contributed by atoms with Crippen molar-refractivity contribution in [2.75, 3.05) is 24.2 Å². The fourth-order valence-corrected chi connectivity index (χ4v) is 4.45. The zero-order valence-corrected chi connectivity index (χ0v) is 16.4. The number of rotatable bonds is 6. The minimum absolute atomic E-state index is 0.126. The van der Waals surface area contributed by atoms with Crippen molar-refractivity contribution in [3.05, 3.63) is 11.8 Å². The van der Waals surface area contributed by atoms with Crippen molar-refractivity contribution < 1.29 is 17.7 Å². The number of hydrogen-bond donors (Lipinski definition) is 1. The molecule has 1 saturated heterocycles. The Morgan fingerprint density at radius 3 is 2.52 bits per heavy atom. The summed E-state index contributed by atoms with van der Waals surface area (Å²) in [4.78, 5) is 12.4. The third kappa shape index (κ3) is 5.28. The Hall–Kier alpha value is -1.41. The molecular weight excluding hydrogens is 342 g/mol. The molecule has 1 N–H and O–H groups in total. The standard InChI is InChI=1S/C17H29N3O4S/c1-5-6-11-25(22,23)20-9-7-13(8-10-20)16(21)18-15-12-14(24-19-15)17(2,3)4/h12-13H,5-11H2,1-4H3,(H,18,19,21). The summed E-state index contributed by atoms with van der Waals surface area (Å²) < 4.78 is 31.2.